The molecule has 4 nitrogen and oxygen atoms in total. The van der Waals surface area contributed by atoms with E-state index in [2.05, 4.69) is 24.2 Å². The number of rotatable bonds is 4. The van der Waals surface area contributed by atoms with E-state index in [1.54, 1.807) is 7.11 Å². The van der Waals surface area contributed by atoms with E-state index in [-0.39, 0.29) is 6.04 Å². The second-order valence-corrected chi connectivity index (χ2v) is 4.56. The Hall–Kier alpha value is -1.97. The Morgan fingerprint density at radius 1 is 1.33 bits per heavy atom. The van der Waals surface area contributed by atoms with Crippen LogP contribution in [0.2, 0.25) is 0 Å². The fraction of sp³-hybridized carbons (Fsp3) is 0.357. The van der Waals surface area contributed by atoms with Crippen LogP contribution in [-0.4, -0.2) is 16.9 Å². The van der Waals surface area contributed by atoms with E-state index in [4.69, 9.17) is 10.5 Å². The fourth-order valence-electron chi connectivity index (χ4n) is 2.08. The number of nitrogens with two attached hydrogens (primary N) is 1. The number of aryl methyl sites for hydroxylation is 1. The first kappa shape index (κ1) is 12.5. The van der Waals surface area contributed by atoms with Gasteiger partial charge in [-0.25, -0.2) is 4.68 Å². The highest BCUT2D eigenvalue weighted by Crippen LogP contribution is 2.19. The summed E-state index contributed by atoms with van der Waals surface area (Å²) < 4.78 is 7.02. The van der Waals surface area contributed by atoms with Crippen LogP contribution in [-0.2, 0) is 6.42 Å². The quantitative estimate of drug-likeness (QED) is 0.900. The van der Waals surface area contributed by atoms with E-state index in [1.165, 1.54) is 5.56 Å². The molecule has 0 radical (unpaired) electrons. The van der Waals surface area contributed by atoms with Gasteiger partial charge < -0.3 is 10.5 Å². The number of hydrogen-bond donors (Lipinski definition) is 1. The number of benzene rings is 1. The van der Waals surface area contributed by atoms with Crippen LogP contribution in [0.25, 0.3) is 0 Å². The summed E-state index contributed by atoms with van der Waals surface area (Å²) in [7, 11) is 1.67. The molecule has 0 amide bonds. The van der Waals surface area contributed by atoms with Crippen LogP contribution < -0.4 is 10.5 Å². The number of ether oxygens (including phenoxy) is 1. The summed E-state index contributed by atoms with van der Waals surface area (Å²) >= 11 is 0. The summed E-state index contributed by atoms with van der Waals surface area (Å²) in [5.74, 6) is 1.59. The number of nitrogen functional groups attached to an aromatic ring is 1. The summed E-state index contributed by atoms with van der Waals surface area (Å²) in [5.41, 5.74) is 8.12. The smallest absolute Gasteiger partial charge is 0.122 e. The molecule has 0 spiro atoms. The second kappa shape index (κ2) is 5.12. The number of hydrogen-bond acceptors (Lipinski definition) is 3. The summed E-state index contributed by atoms with van der Waals surface area (Å²) in [6, 6.07) is 10.2. The van der Waals surface area contributed by atoms with Crippen LogP contribution in [0.4, 0.5) is 5.82 Å². The van der Waals surface area contributed by atoms with E-state index in [9.17, 15) is 0 Å². The minimum atomic E-state index is 0.243. The van der Waals surface area contributed by atoms with Gasteiger partial charge in [0.1, 0.15) is 11.6 Å². The van der Waals surface area contributed by atoms with Gasteiger partial charge in [0.15, 0.2) is 0 Å². The second-order valence-electron chi connectivity index (χ2n) is 4.56. The van der Waals surface area contributed by atoms with Gasteiger partial charge in [-0.2, -0.15) is 5.10 Å². The molecule has 0 aliphatic rings. The monoisotopic (exact) mass is 245 g/mol. The van der Waals surface area contributed by atoms with Crippen molar-refractivity contribution in [3.63, 3.8) is 0 Å². The lowest BCUT2D eigenvalue weighted by molar-refractivity contribution is 0.414. The van der Waals surface area contributed by atoms with Gasteiger partial charge in [0, 0.05) is 6.07 Å². The van der Waals surface area contributed by atoms with Gasteiger partial charge in [0.2, 0.25) is 0 Å². The van der Waals surface area contributed by atoms with Crippen molar-refractivity contribution in [2.75, 3.05) is 12.8 Å². The van der Waals surface area contributed by atoms with Crippen LogP contribution in [0.3, 0.4) is 0 Å². The number of nitrogens with zero attached hydrogens (tertiary/aromatic N) is 2. The topological polar surface area (TPSA) is 53.1 Å². The van der Waals surface area contributed by atoms with E-state index in [0.717, 1.165) is 17.9 Å². The molecule has 0 aliphatic heterocycles. The van der Waals surface area contributed by atoms with Crippen molar-refractivity contribution < 1.29 is 4.74 Å². The summed E-state index contributed by atoms with van der Waals surface area (Å²) in [6.07, 6.45) is 0.898. The molecule has 1 heterocycles. The first-order valence-corrected chi connectivity index (χ1v) is 6.04. The molecular weight excluding hydrogens is 226 g/mol. The highest BCUT2D eigenvalue weighted by molar-refractivity contribution is 5.32. The molecule has 0 fully saturated rings. The number of methoxy groups -OCH3 is 1. The number of anilines is 1. The van der Waals surface area contributed by atoms with Crippen LogP contribution in [0.1, 0.15) is 24.2 Å². The van der Waals surface area contributed by atoms with Crippen LogP contribution in [0.15, 0.2) is 30.3 Å². The van der Waals surface area contributed by atoms with E-state index in [0.29, 0.717) is 5.82 Å². The molecule has 2 aromatic rings. The van der Waals surface area contributed by atoms with Crippen molar-refractivity contribution in [1.82, 2.24) is 9.78 Å². The number of aromatic nitrogens is 2. The predicted molar refractivity (Wildman–Crippen MR) is 72.8 cm³/mol. The molecule has 2 rings (SSSR count). The Morgan fingerprint density at radius 3 is 2.50 bits per heavy atom. The maximum absolute atomic E-state index is 5.92. The lowest BCUT2D eigenvalue weighted by atomic mass is 10.1. The first-order valence-electron chi connectivity index (χ1n) is 6.04. The third-order valence-corrected chi connectivity index (χ3v) is 2.99. The van der Waals surface area contributed by atoms with Crippen molar-refractivity contribution in [2.24, 2.45) is 0 Å². The van der Waals surface area contributed by atoms with Crippen LogP contribution in [0, 0.1) is 6.92 Å². The van der Waals surface area contributed by atoms with E-state index < -0.39 is 0 Å². The zero-order valence-corrected chi connectivity index (χ0v) is 11.1. The Morgan fingerprint density at radius 2 is 2.00 bits per heavy atom. The molecule has 0 bridgehead atoms. The van der Waals surface area contributed by atoms with E-state index >= 15 is 0 Å². The van der Waals surface area contributed by atoms with Gasteiger partial charge in [-0.3, -0.25) is 0 Å². The lowest BCUT2D eigenvalue weighted by Gasteiger charge is -2.14. The van der Waals surface area contributed by atoms with E-state index in [1.807, 2.05) is 29.8 Å². The maximum Gasteiger partial charge on any atom is 0.122 e. The zero-order valence-electron chi connectivity index (χ0n) is 11.1. The van der Waals surface area contributed by atoms with Crippen molar-refractivity contribution in [2.45, 2.75) is 26.3 Å². The Kier molecular flexibility index (Phi) is 3.55. The molecule has 0 aliphatic carbocycles. The minimum Gasteiger partial charge on any atom is -0.497 e. The summed E-state index contributed by atoms with van der Waals surface area (Å²) in [4.78, 5) is 0. The molecule has 0 saturated heterocycles. The minimum absolute atomic E-state index is 0.243. The molecular formula is C14H19N3O. The largest absolute Gasteiger partial charge is 0.497 e. The molecule has 1 aromatic heterocycles. The Labute approximate surface area is 107 Å². The summed E-state index contributed by atoms with van der Waals surface area (Å²) in [5, 5.41) is 4.41. The molecule has 96 valence electrons. The van der Waals surface area contributed by atoms with Gasteiger partial charge in [-0.15, -0.1) is 0 Å². The van der Waals surface area contributed by atoms with Gasteiger partial charge in [-0.1, -0.05) is 12.1 Å². The van der Waals surface area contributed by atoms with Crippen molar-refractivity contribution >= 4 is 5.82 Å². The Bertz CT molecular complexity index is 516. The molecule has 4 heteroatoms. The molecule has 2 N–H and O–H groups in total. The SMILES string of the molecule is COc1ccc(CC(C)n2nc(C)cc2N)cc1. The highest BCUT2D eigenvalue weighted by Gasteiger charge is 2.10. The fourth-order valence-corrected chi connectivity index (χ4v) is 2.08. The maximum atomic E-state index is 5.92. The first-order chi connectivity index (χ1) is 8.60. The third kappa shape index (κ3) is 2.64. The van der Waals surface area contributed by atoms with Gasteiger partial charge in [0.05, 0.1) is 18.8 Å². The standard InChI is InChI=1S/C14H19N3O/c1-10-8-14(15)17(16-10)11(2)9-12-4-6-13(18-3)7-5-12/h4-8,11H,9,15H2,1-3H3. The molecule has 18 heavy (non-hydrogen) atoms. The molecule has 0 saturated carbocycles. The normalized spacial score (nSPS) is 12.4. The average Bonchev–Trinajstić information content (AvgIpc) is 2.69. The predicted octanol–water partition coefficient (Wildman–Crippen LogP) is 2.59. The highest BCUT2D eigenvalue weighted by atomic mass is 16.5. The third-order valence-electron chi connectivity index (χ3n) is 2.99. The van der Waals surface area contributed by atoms with Gasteiger partial charge in [0.25, 0.3) is 0 Å². The van der Waals surface area contributed by atoms with Crippen LogP contribution in [0.5, 0.6) is 5.75 Å². The van der Waals surface area contributed by atoms with Crippen molar-refractivity contribution in [3.8, 4) is 5.75 Å². The van der Waals surface area contributed by atoms with Gasteiger partial charge >= 0.3 is 0 Å². The van der Waals surface area contributed by atoms with Gasteiger partial charge in [-0.05, 0) is 38.0 Å². The lowest BCUT2D eigenvalue weighted by Crippen LogP contribution is -2.12. The molecule has 1 unspecified atom stereocenters. The van der Waals surface area contributed by atoms with Crippen molar-refractivity contribution in [1.29, 1.82) is 0 Å². The molecule has 1 aromatic carbocycles. The van der Waals surface area contributed by atoms with Crippen LogP contribution >= 0.6 is 0 Å². The average molecular weight is 245 g/mol. The van der Waals surface area contributed by atoms with Crippen molar-refractivity contribution in [3.05, 3.63) is 41.6 Å². The summed E-state index contributed by atoms with van der Waals surface area (Å²) in [6.45, 7) is 4.07. The zero-order chi connectivity index (χ0) is 13.1. The molecule has 1 atom stereocenters. The Balaban J connectivity index is 2.10.